The standard InChI is InChI=1S/C11H18BrN3/c1-8-6-11(14-7-10(8)12)15(3)9(2)4-5-13/h6-7,9H,4-5,13H2,1-3H3. The first-order chi connectivity index (χ1) is 7.06. The first-order valence-electron chi connectivity index (χ1n) is 5.11. The van der Waals surface area contributed by atoms with Crippen LogP contribution in [0.4, 0.5) is 5.82 Å². The Labute approximate surface area is 99.8 Å². The van der Waals surface area contributed by atoms with E-state index in [-0.39, 0.29) is 0 Å². The number of aryl methyl sites for hydroxylation is 1. The molecule has 4 heteroatoms. The Morgan fingerprint density at radius 2 is 2.27 bits per heavy atom. The van der Waals surface area contributed by atoms with Gasteiger partial charge in [0.1, 0.15) is 5.82 Å². The number of hydrogen-bond acceptors (Lipinski definition) is 3. The molecule has 84 valence electrons. The minimum atomic E-state index is 0.420. The van der Waals surface area contributed by atoms with Crippen molar-refractivity contribution in [3.05, 3.63) is 22.3 Å². The third-order valence-corrected chi connectivity index (χ3v) is 3.47. The second-order valence-electron chi connectivity index (χ2n) is 3.83. The first kappa shape index (κ1) is 12.5. The first-order valence-corrected chi connectivity index (χ1v) is 5.90. The average Bonchev–Trinajstić information content (AvgIpc) is 2.21. The fraction of sp³-hybridized carbons (Fsp3) is 0.545. The number of anilines is 1. The fourth-order valence-electron chi connectivity index (χ4n) is 1.38. The summed E-state index contributed by atoms with van der Waals surface area (Å²) in [7, 11) is 2.05. The van der Waals surface area contributed by atoms with Gasteiger partial charge in [0.15, 0.2) is 0 Å². The van der Waals surface area contributed by atoms with E-state index in [0.717, 1.165) is 16.7 Å². The number of halogens is 1. The van der Waals surface area contributed by atoms with Gasteiger partial charge in [0.05, 0.1) is 0 Å². The van der Waals surface area contributed by atoms with Crippen LogP contribution in [0.5, 0.6) is 0 Å². The van der Waals surface area contributed by atoms with Crippen molar-refractivity contribution in [1.29, 1.82) is 0 Å². The lowest BCUT2D eigenvalue weighted by Crippen LogP contribution is -2.31. The van der Waals surface area contributed by atoms with Crippen LogP contribution in [-0.2, 0) is 0 Å². The predicted octanol–water partition coefficient (Wildman–Crippen LogP) is 2.33. The zero-order chi connectivity index (χ0) is 11.4. The summed E-state index contributed by atoms with van der Waals surface area (Å²) >= 11 is 3.45. The Morgan fingerprint density at radius 3 is 2.80 bits per heavy atom. The van der Waals surface area contributed by atoms with Crippen molar-refractivity contribution in [2.45, 2.75) is 26.3 Å². The quantitative estimate of drug-likeness (QED) is 0.914. The van der Waals surface area contributed by atoms with E-state index in [1.807, 2.05) is 6.20 Å². The van der Waals surface area contributed by atoms with Crippen molar-refractivity contribution >= 4 is 21.7 Å². The minimum Gasteiger partial charge on any atom is -0.357 e. The van der Waals surface area contributed by atoms with E-state index in [4.69, 9.17) is 5.73 Å². The number of hydrogen-bond donors (Lipinski definition) is 1. The van der Waals surface area contributed by atoms with E-state index in [9.17, 15) is 0 Å². The summed E-state index contributed by atoms with van der Waals surface area (Å²) in [5.74, 6) is 0.997. The highest BCUT2D eigenvalue weighted by Crippen LogP contribution is 2.20. The Kier molecular flexibility index (Phi) is 4.54. The molecule has 0 saturated heterocycles. The molecule has 0 amide bonds. The van der Waals surface area contributed by atoms with Crippen molar-refractivity contribution in [2.24, 2.45) is 5.73 Å². The van der Waals surface area contributed by atoms with E-state index in [1.165, 1.54) is 5.56 Å². The highest BCUT2D eigenvalue weighted by molar-refractivity contribution is 9.10. The molecule has 2 N–H and O–H groups in total. The molecule has 0 bridgehead atoms. The molecule has 1 atom stereocenters. The van der Waals surface area contributed by atoms with Crippen LogP contribution in [0, 0.1) is 6.92 Å². The van der Waals surface area contributed by atoms with Gasteiger partial charge in [-0.25, -0.2) is 4.98 Å². The van der Waals surface area contributed by atoms with Crippen LogP contribution in [0.25, 0.3) is 0 Å². The summed E-state index contributed by atoms with van der Waals surface area (Å²) < 4.78 is 1.05. The summed E-state index contributed by atoms with van der Waals surface area (Å²) in [6.45, 7) is 4.93. The van der Waals surface area contributed by atoms with Crippen molar-refractivity contribution < 1.29 is 0 Å². The van der Waals surface area contributed by atoms with E-state index in [1.54, 1.807) is 0 Å². The molecule has 1 aromatic rings. The van der Waals surface area contributed by atoms with Crippen LogP contribution in [0.2, 0.25) is 0 Å². The third-order valence-electron chi connectivity index (χ3n) is 2.64. The second-order valence-corrected chi connectivity index (χ2v) is 4.68. The average molecular weight is 272 g/mol. The second kappa shape index (κ2) is 5.47. The molecule has 0 aliphatic carbocycles. The summed E-state index contributed by atoms with van der Waals surface area (Å²) in [4.78, 5) is 6.54. The van der Waals surface area contributed by atoms with Crippen molar-refractivity contribution in [3.8, 4) is 0 Å². The normalized spacial score (nSPS) is 12.6. The number of nitrogens with zero attached hydrogens (tertiary/aromatic N) is 2. The number of nitrogens with two attached hydrogens (primary N) is 1. The monoisotopic (exact) mass is 271 g/mol. The van der Waals surface area contributed by atoms with Gasteiger partial charge in [-0.05, 0) is 54.4 Å². The number of aromatic nitrogens is 1. The van der Waals surface area contributed by atoms with E-state index in [2.05, 4.69) is 52.8 Å². The van der Waals surface area contributed by atoms with E-state index >= 15 is 0 Å². The van der Waals surface area contributed by atoms with Gasteiger partial charge < -0.3 is 10.6 Å². The van der Waals surface area contributed by atoms with Gasteiger partial charge in [0.25, 0.3) is 0 Å². The van der Waals surface area contributed by atoms with Crippen molar-refractivity contribution in [3.63, 3.8) is 0 Å². The van der Waals surface area contributed by atoms with Crippen LogP contribution in [0.1, 0.15) is 18.9 Å². The molecule has 0 spiro atoms. The van der Waals surface area contributed by atoms with Gasteiger partial charge in [-0.1, -0.05) is 0 Å². The summed E-state index contributed by atoms with van der Waals surface area (Å²) in [5.41, 5.74) is 6.75. The molecule has 1 heterocycles. The molecule has 0 aliphatic heterocycles. The SMILES string of the molecule is Cc1cc(N(C)C(C)CCN)ncc1Br. The predicted molar refractivity (Wildman–Crippen MR) is 68.2 cm³/mol. The molecule has 0 aromatic carbocycles. The molecular formula is C11H18BrN3. The van der Waals surface area contributed by atoms with Gasteiger partial charge in [-0.15, -0.1) is 0 Å². The maximum Gasteiger partial charge on any atom is 0.128 e. The molecule has 1 aromatic heterocycles. The zero-order valence-corrected chi connectivity index (χ0v) is 11.1. The Morgan fingerprint density at radius 1 is 1.60 bits per heavy atom. The zero-order valence-electron chi connectivity index (χ0n) is 9.50. The number of rotatable bonds is 4. The van der Waals surface area contributed by atoms with Gasteiger partial charge in [0.2, 0.25) is 0 Å². The molecule has 1 rings (SSSR count). The maximum absolute atomic E-state index is 5.54. The number of pyridine rings is 1. The smallest absolute Gasteiger partial charge is 0.128 e. The van der Waals surface area contributed by atoms with Gasteiger partial charge in [-0.2, -0.15) is 0 Å². The van der Waals surface area contributed by atoms with Gasteiger partial charge >= 0.3 is 0 Å². The summed E-state index contributed by atoms with van der Waals surface area (Å²) in [6.07, 6.45) is 2.82. The lowest BCUT2D eigenvalue weighted by molar-refractivity contribution is 0.629. The third kappa shape index (κ3) is 3.18. The molecule has 0 aliphatic rings. The Balaban J connectivity index is 2.81. The maximum atomic E-state index is 5.54. The summed E-state index contributed by atoms with van der Waals surface area (Å²) in [5, 5.41) is 0. The minimum absolute atomic E-state index is 0.420. The highest BCUT2D eigenvalue weighted by atomic mass is 79.9. The molecular weight excluding hydrogens is 254 g/mol. The van der Waals surface area contributed by atoms with Crippen molar-refractivity contribution in [1.82, 2.24) is 4.98 Å². The molecule has 1 unspecified atom stereocenters. The molecule has 0 fully saturated rings. The Bertz CT molecular complexity index is 328. The molecule has 15 heavy (non-hydrogen) atoms. The largest absolute Gasteiger partial charge is 0.357 e. The van der Waals surface area contributed by atoms with Crippen LogP contribution in [-0.4, -0.2) is 24.6 Å². The topological polar surface area (TPSA) is 42.1 Å². The van der Waals surface area contributed by atoms with Crippen LogP contribution in [0.15, 0.2) is 16.7 Å². The van der Waals surface area contributed by atoms with Gasteiger partial charge in [0, 0.05) is 23.8 Å². The summed E-state index contributed by atoms with van der Waals surface area (Å²) in [6, 6.07) is 2.50. The van der Waals surface area contributed by atoms with E-state index < -0.39 is 0 Å². The van der Waals surface area contributed by atoms with Crippen molar-refractivity contribution in [2.75, 3.05) is 18.5 Å². The van der Waals surface area contributed by atoms with Crippen LogP contribution < -0.4 is 10.6 Å². The van der Waals surface area contributed by atoms with Crippen LogP contribution >= 0.6 is 15.9 Å². The van der Waals surface area contributed by atoms with Crippen LogP contribution in [0.3, 0.4) is 0 Å². The highest BCUT2D eigenvalue weighted by Gasteiger charge is 2.10. The lowest BCUT2D eigenvalue weighted by atomic mass is 10.2. The molecule has 3 nitrogen and oxygen atoms in total. The lowest BCUT2D eigenvalue weighted by Gasteiger charge is -2.25. The van der Waals surface area contributed by atoms with E-state index in [0.29, 0.717) is 12.6 Å². The van der Waals surface area contributed by atoms with Gasteiger partial charge in [-0.3, -0.25) is 0 Å². The Hall–Kier alpha value is -0.610. The molecule has 0 saturated carbocycles. The molecule has 0 radical (unpaired) electrons. The fourth-order valence-corrected chi connectivity index (χ4v) is 1.59.